The summed E-state index contributed by atoms with van der Waals surface area (Å²) in [5.41, 5.74) is 7.72. The fraction of sp³-hybridized carbons (Fsp3) is 0.214. The SMILES string of the molecule is CCCC#Cc1cccc(O/C(NN)=C(/N)C(=O)O)c1. The predicted molar refractivity (Wildman–Crippen MR) is 75.0 cm³/mol. The van der Waals surface area contributed by atoms with E-state index in [1.807, 2.05) is 13.0 Å². The highest BCUT2D eigenvalue weighted by molar-refractivity contribution is 5.85. The summed E-state index contributed by atoms with van der Waals surface area (Å²) in [4.78, 5) is 10.8. The van der Waals surface area contributed by atoms with Crippen LogP contribution >= 0.6 is 0 Å². The molecule has 0 radical (unpaired) electrons. The van der Waals surface area contributed by atoms with E-state index in [4.69, 9.17) is 21.4 Å². The first-order valence-electron chi connectivity index (χ1n) is 6.05. The van der Waals surface area contributed by atoms with Crippen LogP contribution in [0.5, 0.6) is 5.75 Å². The van der Waals surface area contributed by atoms with Crippen molar-refractivity contribution >= 4 is 5.97 Å². The van der Waals surface area contributed by atoms with Crippen LogP contribution in [-0.2, 0) is 4.79 Å². The smallest absolute Gasteiger partial charge is 0.357 e. The summed E-state index contributed by atoms with van der Waals surface area (Å²) in [6, 6.07) is 6.90. The minimum absolute atomic E-state index is 0.226. The van der Waals surface area contributed by atoms with Gasteiger partial charge in [0.2, 0.25) is 5.88 Å². The number of carbonyl (C=O) groups is 1. The third kappa shape index (κ3) is 4.55. The summed E-state index contributed by atoms with van der Waals surface area (Å²) < 4.78 is 5.30. The van der Waals surface area contributed by atoms with E-state index in [1.54, 1.807) is 18.2 Å². The summed E-state index contributed by atoms with van der Waals surface area (Å²) >= 11 is 0. The first kappa shape index (κ1) is 15.4. The van der Waals surface area contributed by atoms with Gasteiger partial charge in [-0.25, -0.2) is 10.6 Å². The van der Waals surface area contributed by atoms with Crippen LogP contribution in [-0.4, -0.2) is 11.1 Å². The lowest BCUT2D eigenvalue weighted by Crippen LogP contribution is -2.31. The van der Waals surface area contributed by atoms with E-state index in [1.165, 1.54) is 0 Å². The Morgan fingerprint density at radius 2 is 2.25 bits per heavy atom. The molecule has 1 rings (SSSR count). The number of carboxylic acid groups (broad SMARTS) is 1. The lowest BCUT2D eigenvalue weighted by atomic mass is 10.2. The molecule has 0 heterocycles. The van der Waals surface area contributed by atoms with Crippen molar-refractivity contribution < 1.29 is 14.6 Å². The topological polar surface area (TPSA) is 111 Å². The number of hydrogen-bond acceptors (Lipinski definition) is 5. The van der Waals surface area contributed by atoms with Crippen LogP contribution in [0, 0.1) is 11.8 Å². The van der Waals surface area contributed by atoms with Crippen molar-refractivity contribution in [3.8, 4) is 17.6 Å². The summed E-state index contributed by atoms with van der Waals surface area (Å²) in [5, 5.41) is 8.78. The lowest BCUT2D eigenvalue weighted by Gasteiger charge is -2.10. The molecule has 0 atom stereocenters. The molecule has 0 spiro atoms. The number of hydrazine groups is 1. The van der Waals surface area contributed by atoms with E-state index in [-0.39, 0.29) is 5.88 Å². The van der Waals surface area contributed by atoms with Crippen molar-refractivity contribution in [1.29, 1.82) is 0 Å². The van der Waals surface area contributed by atoms with Gasteiger partial charge in [0, 0.05) is 12.0 Å². The zero-order chi connectivity index (χ0) is 15.0. The second kappa shape index (κ2) is 7.71. The van der Waals surface area contributed by atoms with Crippen LogP contribution in [0.25, 0.3) is 0 Å². The van der Waals surface area contributed by atoms with Crippen molar-refractivity contribution in [2.45, 2.75) is 19.8 Å². The van der Waals surface area contributed by atoms with Crippen molar-refractivity contribution in [3.05, 3.63) is 41.4 Å². The molecule has 0 aliphatic carbocycles. The average molecular weight is 275 g/mol. The van der Waals surface area contributed by atoms with Gasteiger partial charge in [0.15, 0.2) is 5.70 Å². The summed E-state index contributed by atoms with van der Waals surface area (Å²) in [6.45, 7) is 2.05. The molecule has 0 aromatic heterocycles. The van der Waals surface area contributed by atoms with Gasteiger partial charge in [-0.3, -0.25) is 5.43 Å². The lowest BCUT2D eigenvalue weighted by molar-refractivity contribution is -0.132. The van der Waals surface area contributed by atoms with Gasteiger partial charge in [0.05, 0.1) is 0 Å². The van der Waals surface area contributed by atoms with E-state index < -0.39 is 11.7 Å². The third-order valence-electron chi connectivity index (χ3n) is 2.27. The zero-order valence-electron chi connectivity index (χ0n) is 11.1. The molecule has 0 amide bonds. The molecule has 20 heavy (non-hydrogen) atoms. The van der Waals surface area contributed by atoms with Gasteiger partial charge >= 0.3 is 5.97 Å². The molecular weight excluding hydrogens is 258 g/mol. The third-order valence-corrected chi connectivity index (χ3v) is 2.27. The number of ether oxygens (including phenoxy) is 1. The van der Waals surface area contributed by atoms with Crippen LogP contribution in [0.2, 0.25) is 0 Å². The Bertz CT molecular complexity index is 571. The maximum absolute atomic E-state index is 10.8. The molecule has 0 saturated carbocycles. The van der Waals surface area contributed by atoms with Crippen LogP contribution in [0.15, 0.2) is 35.8 Å². The van der Waals surface area contributed by atoms with Gasteiger partial charge in [-0.2, -0.15) is 0 Å². The van der Waals surface area contributed by atoms with Crippen molar-refractivity contribution in [2.75, 3.05) is 0 Å². The second-order valence-electron chi connectivity index (χ2n) is 3.87. The molecule has 106 valence electrons. The van der Waals surface area contributed by atoms with Crippen molar-refractivity contribution in [1.82, 2.24) is 5.43 Å². The number of rotatable bonds is 5. The van der Waals surface area contributed by atoms with Gasteiger partial charge in [-0.05, 0) is 24.6 Å². The molecule has 0 unspecified atom stereocenters. The molecule has 1 aromatic rings. The molecule has 6 nitrogen and oxygen atoms in total. The highest BCUT2D eigenvalue weighted by Crippen LogP contribution is 2.15. The summed E-state index contributed by atoms with van der Waals surface area (Å²) in [7, 11) is 0. The number of carboxylic acids is 1. The number of benzene rings is 1. The largest absolute Gasteiger partial charge is 0.476 e. The normalized spacial score (nSPS) is 10.9. The molecule has 0 aliphatic heterocycles. The summed E-state index contributed by atoms with van der Waals surface area (Å²) in [6.07, 6.45) is 1.80. The van der Waals surface area contributed by atoms with Crippen LogP contribution in [0.1, 0.15) is 25.3 Å². The number of unbranched alkanes of at least 4 members (excludes halogenated alkanes) is 1. The van der Waals surface area contributed by atoms with Crippen molar-refractivity contribution in [2.24, 2.45) is 11.6 Å². The molecule has 0 aliphatic rings. The second-order valence-corrected chi connectivity index (χ2v) is 3.87. The summed E-state index contributed by atoms with van der Waals surface area (Å²) in [5.74, 6) is 10.0. The minimum Gasteiger partial charge on any atom is -0.476 e. The van der Waals surface area contributed by atoms with Crippen LogP contribution in [0.3, 0.4) is 0 Å². The van der Waals surface area contributed by atoms with Crippen LogP contribution < -0.4 is 21.7 Å². The van der Waals surface area contributed by atoms with E-state index in [9.17, 15) is 4.79 Å². The quantitative estimate of drug-likeness (QED) is 0.209. The molecule has 6 N–H and O–H groups in total. The first-order valence-corrected chi connectivity index (χ1v) is 6.05. The van der Waals surface area contributed by atoms with Gasteiger partial charge in [-0.1, -0.05) is 24.8 Å². The highest BCUT2D eigenvalue weighted by Gasteiger charge is 2.12. The Labute approximate surface area is 117 Å². The van der Waals surface area contributed by atoms with E-state index in [2.05, 4.69) is 17.3 Å². The van der Waals surface area contributed by atoms with E-state index in [0.29, 0.717) is 5.75 Å². The Morgan fingerprint density at radius 1 is 1.50 bits per heavy atom. The van der Waals surface area contributed by atoms with Crippen molar-refractivity contribution in [3.63, 3.8) is 0 Å². The Kier molecular flexibility index (Phi) is 5.94. The Balaban J connectivity index is 2.93. The van der Waals surface area contributed by atoms with Gasteiger partial charge in [0.25, 0.3) is 0 Å². The average Bonchev–Trinajstić information content (AvgIpc) is 2.44. The first-order chi connectivity index (χ1) is 9.58. The zero-order valence-corrected chi connectivity index (χ0v) is 11.1. The number of aliphatic carboxylic acids is 1. The highest BCUT2D eigenvalue weighted by atomic mass is 16.5. The fourth-order valence-electron chi connectivity index (χ4n) is 1.30. The number of nitrogens with one attached hydrogen (secondary N) is 1. The monoisotopic (exact) mass is 275 g/mol. The van der Waals surface area contributed by atoms with Crippen LogP contribution in [0.4, 0.5) is 0 Å². The maximum atomic E-state index is 10.8. The van der Waals surface area contributed by atoms with E-state index in [0.717, 1.165) is 18.4 Å². The number of nitrogens with two attached hydrogens (primary N) is 2. The van der Waals surface area contributed by atoms with E-state index >= 15 is 0 Å². The predicted octanol–water partition coefficient (Wildman–Crippen LogP) is 0.893. The minimum atomic E-state index is -1.32. The van der Waals surface area contributed by atoms with Gasteiger partial charge in [-0.15, -0.1) is 0 Å². The van der Waals surface area contributed by atoms with Gasteiger partial charge in [0.1, 0.15) is 5.75 Å². The number of hydrogen-bond donors (Lipinski definition) is 4. The molecular formula is C14H17N3O3. The Hall–Kier alpha value is -2.65. The molecule has 0 saturated heterocycles. The molecule has 0 fully saturated rings. The van der Waals surface area contributed by atoms with Gasteiger partial charge < -0.3 is 15.6 Å². The molecule has 6 heteroatoms. The molecule has 0 bridgehead atoms. The maximum Gasteiger partial charge on any atom is 0.357 e. The Morgan fingerprint density at radius 3 is 2.85 bits per heavy atom. The molecule has 1 aromatic carbocycles. The standard InChI is InChI=1S/C14H17N3O3/c1-2-3-4-6-10-7-5-8-11(9-10)20-13(17-16)12(15)14(18)19/h5,7-9,17H,2-3,15-16H2,1H3,(H,18,19)/b13-12+. The fourth-order valence-corrected chi connectivity index (χ4v) is 1.30.